The first-order valence-electron chi connectivity index (χ1n) is 12.3. The van der Waals surface area contributed by atoms with Crippen molar-refractivity contribution in [3.8, 4) is 23.0 Å². The fourth-order valence-corrected chi connectivity index (χ4v) is 6.35. The summed E-state index contributed by atoms with van der Waals surface area (Å²) >= 11 is 13.3. The van der Waals surface area contributed by atoms with E-state index in [2.05, 4.69) is 24.8 Å². The van der Waals surface area contributed by atoms with Gasteiger partial charge in [0.2, 0.25) is 0 Å². The Morgan fingerprint density at radius 1 is 1.04 bits per heavy atom. The highest BCUT2D eigenvalue weighted by molar-refractivity contribution is 7.86. The molecule has 2 heterocycles. The lowest BCUT2D eigenvalue weighted by Crippen LogP contribution is -2.26. The lowest BCUT2D eigenvalue weighted by atomic mass is 10.1. The van der Waals surface area contributed by atoms with Gasteiger partial charge in [-0.25, -0.2) is 9.17 Å². The predicted molar refractivity (Wildman–Crippen MR) is 160 cm³/mol. The van der Waals surface area contributed by atoms with Gasteiger partial charge in [-0.05, 0) is 19.1 Å². The third kappa shape index (κ3) is 6.94. The Morgan fingerprint density at radius 3 is 2.36 bits per heavy atom. The van der Waals surface area contributed by atoms with Gasteiger partial charge in [-0.3, -0.25) is 18.7 Å². The molecule has 2 aromatic carbocycles. The van der Waals surface area contributed by atoms with Gasteiger partial charge >= 0.3 is 10.4 Å². The lowest BCUT2D eigenvalue weighted by Gasteiger charge is -2.26. The van der Waals surface area contributed by atoms with Crippen LogP contribution in [0.5, 0.6) is 11.5 Å². The average molecular weight is 727 g/mol. The van der Waals surface area contributed by atoms with E-state index in [9.17, 15) is 34.4 Å². The van der Waals surface area contributed by atoms with Gasteiger partial charge < -0.3 is 25.5 Å². The summed E-state index contributed by atoms with van der Waals surface area (Å²) in [5, 5.41) is 5.08. The molecule has 1 atom stereocenters. The van der Waals surface area contributed by atoms with Crippen LogP contribution in [0.3, 0.4) is 0 Å². The molecule has 0 aromatic heterocycles. The topological polar surface area (TPSA) is 270 Å². The first-order chi connectivity index (χ1) is 20.8. The Labute approximate surface area is 264 Å². The molecule has 22 heteroatoms. The van der Waals surface area contributed by atoms with Gasteiger partial charge in [0.05, 0.1) is 29.9 Å². The first kappa shape index (κ1) is 33.1. The first-order valence-corrected chi connectivity index (χ1v) is 17.3. The molecule has 0 bridgehead atoms. The minimum Gasteiger partial charge on any atom is -0.451 e. The number of nitrogens with two attached hydrogens (primary N) is 1. The number of nitrogens with zero attached hydrogens (tertiary/aromatic N) is 2. The second kappa shape index (κ2) is 11.8. The van der Waals surface area contributed by atoms with Gasteiger partial charge in [0.15, 0.2) is 22.8 Å². The minimum absolute atomic E-state index is 0.00978. The standard InChI is InChI=1S/C23H21Cl2N5O12S3/c1-9(26)8-28-13-5-15-11(7-17(13)44(34,35)36)30-21-18(24)22-20(19(25)23(21)42-15)29-10-6-16(43(31,32)33)12(4-14(10)41-22)27-2-3-40-45(37,38)39/h4-7,9,28,30H,2-3,8,26H2,1H3,(H,31,32,33)(H,34,35,36)(H,37,38,39). The second-order valence-corrected chi connectivity index (χ2v) is 14.1. The molecule has 3 aliphatic rings. The van der Waals surface area contributed by atoms with Crippen LogP contribution in [0.1, 0.15) is 6.92 Å². The molecule has 0 spiro atoms. The molecule has 1 unspecified atom stereocenters. The van der Waals surface area contributed by atoms with Crippen LogP contribution in [0.15, 0.2) is 43.5 Å². The van der Waals surface area contributed by atoms with Crippen molar-refractivity contribution in [3.63, 3.8) is 0 Å². The molecular weight excluding hydrogens is 705 g/mol. The summed E-state index contributed by atoms with van der Waals surface area (Å²) in [6.45, 7) is 0.723. The van der Waals surface area contributed by atoms with Crippen molar-refractivity contribution in [2.24, 2.45) is 10.7 Å². The highest BCUT2D eigenvalue weighted by Crippen LogP contribution is 2.53. The number of halogens is 2. The Morgan fingerprint density at radius 2 is 1.73 bits per heavy atom. The minimum atomic E-state index is -4.89. The zero-order valence-electron chi connectivity index (χ0n) is 22.5. The molecule has 242 valence electrons. The maximum absolute atomic E-state index is 12.1. The molecule has 5 rings (SSSR count). The Balaban J connectivity index is 1.66. The van der Waals surface area contributed by atoms with Gasteiger partial charge in [0, 0.05) is 24.7 Å². The molecule has 7 N–H and O–H groups in total. The van der Waals surface area contributed by atoms with Crippen LogP contribution in [0, 0.1) is 0 Å². The van der Waals surface area contributed by atoms with E-state index in [1.54, 1.807) is 6.92 Å². The van der Waals surface area contributed by atoms with E-state index >= 15 is 0 Å². The molecule has 0 saturated heterocycles. The summed E-state index contributed by atoms with van der Waals surface area (Å²) in [5.41, 5.74) is 5.53. The van der Waals surface area contributed by atoms with Crippen LogP contribution < -0.4 is 26.5 Å². The third-order valence-corrected chi connectivity index (χ3v) is 9.03. The second-order valence-electron chi connectivity index (χ2n) is 9.52. The number of hydrogen-bond donors (Lipinski definition) is 6. The zero-order valence-corrected chi connectivity index (χ0v) is 26.4. The van der Waals surface area contributed by atoms with Gasteiger partial charge in [0.25, 0.3) is 20.2 Å². The summed E-state index contributed by atoms with van der Waals surface area (Å²) in [7, 11) is -14.4. The average Bonchev–Trinajstić information content (AvgIpc) is 2.93. The van der Waals surface area contributed by atoms with Crippen molar-refractivity contribution in [1.29, 1.82) is 0 Å². The van der Waals surface area contributed by atoms with Crippen LogP contribution in [0.25, 0.3) is 22.6 Å². The molecule has 0 amide bonds. The largest absolute Gasteiger partial charge is 0.451 e. The van der Waals surface area contributed by atoms with Crippen molar-refractivity contribution in [3.05, 3.63) is 39.7 Å². The predicted octanol–water partition coefficient (Wildman–Crippen LogP) is 3.06. The number of ether oxygens (including phenoxy) is 1. The number of nitrogens with one attached hydrogen (secondary N) is 2. The van der Waals surface area contributed by atoms with Crippen LogP contribution in [-0.2, 0) is 34.8 Å². The fourth-order valence-electron chi connectivity index (χ4n) is 4.22. The van der Waals surface area contributed by atoms with Gasteiger partial charge in [0.1, 0.15) is 36.7 Å². The number of fused-ring (bicyclic) bond motifs is 4. The van der Waals surface area contributed by atoms with E-state index in [0.29, 0.717) is 0 Å². The van der Waals surface area contributed by atoms with E-state index in [4.69, 9.17) is 42.6 Å². The number of anilines is 3. The third-order valence-electron chi connectivity index (χ3n) is 6.08. The number of benzene rings is 3. The quantitative estimate of drug-likeness (QED) is 0.0723. The molecule has 2 aromatic rings. The van der Waals surface area contributed by atoms with Gasteiger partial charge in [-0.1, -0.05) is 23.2 Å². The maximum Gasteiger partial charge on any atom is 0.397 e. The Bertz CT molecular complexity index is 2240. The molecule has 0 radical (unpaired) electrons. The summed E-state index contributed by atoms with van der Waals surface area (Å²) in [6.07, 6.45) is 0. The summed E-state index contributed by atoms with van der Waals surface area (Å²) in [5.74, 6) is -0.0742. The van der Waals surface area contributed by atoms with Crippen molar-refractivity contribution < 1.29 is 52.2 Å². The maximum atomic E-state index is 12.1. The van der Waals surface area contributed by atoms with E-state index in [-0.39, 0.29) is 79.1 Å². The molecular formula is C23H21Cl2N5O12S3. The highest BCUT2D eigenvalue weighted by atomic mass is 35.5. The van der Waals surface area contributed by atoms with E-state index in [1.165, 1.54) is 6.07 Å². The van der Waals surface area contributed by atoms with Gasteiger partial charge in [-0.2, -0.15) is 25.3 Å². The molecule has 45 heavy (non-hydrogen) atoms. The zero-order chi connectivity index (χ0) is 33.1. The van der Waals surface area contributed by atoms with E-state index < -0.39 is 53.6 Å². The van der Waals surface area contributed by atoms with E-state index in [1.807, 2.05) is 0 Å². The van der Waals surface area contributed by atoms with Crippen molar-refractivity contribution in [2.45, 2.75) is 22.8 Å². The molecule has 0 fully saturated rings. The van der Waals surface area contributed by atoms with Crippen molar-refractivity contribution in [2.75, 3.05) is 30.3 Å². The summed E-state index contributed by atoms with van der Waals surface area (Å²) in [4.78, 5) is 7.06. The van der Waals surface area contributed by atoms with Gasteiger partial charge in [-0.15, -0.1) is 0 Å². The molecule has 0 saturated carbocycles. The smallest absolute Gasteiger partial charge is 0.397 e. The Kier molecular flexibility index (Phi) is 8.67. The summed E-state index contributed by atoms with van der Waals surface area (Å²) in [6, 6.07) is 4.05. The SMILES string of the molecule is CC(N)CNc1cc2c(cc1S(=O)(=O)O)Nc1c(c(Cl)c3nc4cc(S(=O)(=O)O)c(=NCCOS(=O)(=O)O)cc-4oc3c1Cl)O2. The van der Waals surface area contributed by atoms with Crippen LogP contribution in [0.4, 0.5) is 17.1 Å². The van der Waals surface area contributed by atoms with Crippen LogP contribution >= 0.6 is 23.2 Å². The van der Waals surface area contributed by atoms with Crippen molar-refractivity contribution in [1.82, 2.24) is 4.98 Å². The number of rotatable bonds is 9. The van der Waals surface area contributed by atoms with Crippen molar-refractivity contribution >= 4 is 82.0 Å². The monoisotopic (exact) mass is 725 g/mol. The Hall–Kier alpha value is -3.31. The highest BCUT2D eigenvalue weighted by Gasteiger charge is 2.31. The fraction of sp³-hybridized carbons (Fsp3) is 0.217. The number of aromatic nitrogens is 1. The van der Waals surface area contributed by atoms with Crippen LogP contribution in [0.2, 0.25) is 10.0 Å². The van der Waals surface area contributed by atoms with E-state index in [0.717, 1.165) is 18.2 Å². The number of hydrogen-bond acceptors (Lipinski definition) is 14. The normalized spacial score (nSPS) is 14.5. The lowest BCUT2D eigenvalue weighted by molar-refractivity contribution is 0.275. The summed E-state index contributed by atoms with van der Waals surface area (Å²) < 4.78 is 114. The van der Waals surface area contributed by atoms with Crippen LogP contribution in [-0.4, -0.2) is 69.6 Å². The molecule has 17 nitrogen and oxygen atoms in total. The molecule has 1 aliphatic carbocycles. The molecule has 2 aliphatic heterocycles.